The van der Waals surface area contributed by atoms with Crippen LogP contribution in [0.3, 0.4) is 0 Å². The molecule has 0 fully saturated rings. The van der Waals surface area contributed by atoms with Crippen LogP contribution in [-0.2, 0) is 6.54 Å². The highest BCUT2D eigenvalue weighted by Gasteiger charge is 2.14. The largest absolute Gasteiger partial charge is 0.397 e. The molecule has 2 aromatic heterocycles. The van der Waals surface area contributed by atoms with Crippen LogP contribution < -0.4 is 11.1 Å². The van der Waals surface area contributed by atoms with Gasteiger partial charge in [0.25, 0.3) is 5.91 Å². The lowest BCUT2D eigenvalue weighted by atomic mass is 10.1. The Morgan fingerprint density at radius 3 is 2.71 bits per heavy atom. The molecule has 3 aromatic carbocycles. The van der Waals surface area contributed by atoms with E-state index < -0.39 is 0 Å². The quantitative estimate of drug-likeness (QED) is 0.386. The third kappa shape index (κ3) is 4.04. The molecule has 7 heteroatoms. The van der Waals surface area contributed by atoms with Crippen LogP contribution in [0.5, 0.6) is 0 Å². The van der Waals surface area contributed by atoms with Crippen LogP contribution >= 0.6 is 11.3 Å². The molecule has 0 spiro atoms. The molecule has 0 bridgehead atoms. The standard InChI is InChI=1S/C24H19N5OS/c25-21-8-7-19(20-9-10-31-15-20)12-22(21)26-24(30)23-14-29(28-27-23)13-16-5-6-17-3-1-2-4-18(17)11-16/h1-12,14-15H,13,25H2,(H,26,30). The number of nitrogens with two attached hydrogens (primary N) is 1. The van der Waals surface area contributed by atoms with Gasteiger partial charge in [0, 0.05) is 0 Å². The zero-order chi connectivity index (χ0) is 21.2. The summed E-state index contributed by atoms with van der Waals surface area (Å²) in [7, 11) is 0. The Kier molecular flexibility index (Phi) is 4.93. The first-order valence-electron chi connectivity index (χ1n) is 9.77. The van der Waals surface area contributed by atoms with Crippen molar-refractivity contribution >= 4 is 39.4 Å². The summed E-state index contributed by atoms with van der Waals surface area (Å²) in [6.45, 7) is 0.529. The molecule has 0 saturated carbocycles. The highest BCUT2D eigenvalue weighted by molar-refractivity contribution is 7.08. The van der Waals surface area contributed by atoms with Crippen molar-refractivity contribution in [1.29, 1.82) is 0 Å². The van der Waals surface area contributed by atoms with Crippen molar-refractivity contribution < 1.29 is 4.79 Å². The first-order chi connectivity index (χ1) is 15.2. The minimum Gasteiger partial charge on any atom is -0.397 e. The maximum atomic E-state index is 12.7. The Morgan fingerprint density at radius 1 is 1.00 bits per heavy atom. The molecule has 0 saturated heterocycles. The number of nitrogens with zero attached hydrogens (tertiary/aromatic N) is 3. The van der Waals surface area contributed by atoms with E-state index in [4.69, 9.17) is 5.73 Å². The Morgan fingerprint density at radius 2 is 1.87 bits per heavy atom. The first-order valence-corrected chi connectivity index (χ1v) is 10.7. The van der Waals surface area contributed by atoms with E-state index in [-0.39, 0.29) is 11.6 Å². The number of aromatic nitrogens is 3. The summed E-state index contributed by atoms with van der Waals surface area (Å²) in [4.78, 5) is 12.7. The number of carbonyl (C=O) groups excluding carboxylic acids is 1. The summed E-state index contributed by atoms with van der Waals surface area (Å²) in [5, 5.41) is 17.4. The van der Waals surface area contributed by atoms with Gasteiger partial charge in [0.2, 0.25) is 0 Å². The minimum atomic E-state index is -0.348. The molecule has 3 N–H and O–H groups in total. The van der Waals surface area contributed by atoms with Crippen molar-refractivity contribution in [2.24, 2.45) is 0 Å². The van der Waals surface area contributed by atoms with E-state index in [0.29, 0.717) is 17.9 Å². The van der Waals surface area contributed by atoms with Gasteiger partial charge in [-0.2, -0.15) is 11.3 Å². The fraction of sp³-hybridized carbons (Fsp3) is 0.0417. The lowest BCUT2D eigenvalue weighted by Crippen LogP contribution is -2.13. The van der Waals surface area contributed by atoms with Gasteiger partial charge >= 0.3 is 0 Å². The van der Waals surface area contributed by atoms with Gasteiger partial charge in [0.15, 0.2) is 5.69 Å². The number of benzene rings is 3. The maximum absolute atomic E-state index is 12.7. The van der Waals surface area contributed by atoms with Crippen LogP contribution in [-0.4, -0.2) is 20.9 Å². The number of anilines is 2. The number of hydrogen-bond acceptors (Lipinski definition) is 5. The fourth-order valence-corrected chi connectivity index (χ4v) is 4.13. The predicted molar refractivity (Wildman–Crippen MR) is 125 cm³/mol. The Hall–Kier alpha value is -3.97. The van der Waals surface area contributed by atoms with Gasteiger partial charge in [-0.05, 0) is 62.5 Å². The molecular weight excluding hydrogens is 406 g/mol. The summed E-state index contributed by atoms with van der Waals surface area (Å²) in [6.07, 6.45) is 1.64. The third-order valence-electron chi connectivity index (χ3n) is 5.09. The van der Waals surface area contributed by atoms with Gasteiger partial charge in [0.1, 0.15) is 0 Å². The van der Waals surface area contributed by atoms with E-state index >= 15 is 0 Å². The smallest absolute Gasteiger partial charge is 0.277 e. The molecule has 0 radical (unpaired) electrons. The molecule has 1 amide bonds. The summed E-state index contributed by atoms with van der Waals surface area (Å²) in [5.74, 6) is -0.348. The van der Waals surface area contributed by atoms with E-state index in [1.165, 1.54) is 10.8 Å². The van der Waals surface area contributed by atoms with Crippen molar-refractivity contribution in [3.63, 3.8) is 0 Å². The average Bonchev–Trinajstić information content (AvgIpc) is 3.48. The lowest BCUT2D eigenvalue weighted by molar-refractivity contribution is 0.102. The number of nitrogens with one attached hydrogen (secondary N) is 1. The van der Waals surface area contributed by atoms with E-state index in [9.17, 15) is 4.79 Å². The van der Waals surface area contributed by atoms with Crippen molar-refractivity contribution in [1.82, 2.24) is 15.0 Å². The number of amides is 1. The molecule has 152 valence electrons. The van der Waals surface area contributed by atoms with Crippen LogP contribution in [0, 0.1) is 0 Å². The molecule has 5 rings (SSSR count). The van der Waals surface area contributed by atoms with E-state index in [1.807, 2.05) is 35.7 Å². The van der Waals surface area contributed by atoms with Crippen LogP contribution in [0.2, 0.25) is 0 Å². The zero-order valence-corrected chi connectivity index (χ0v) is 17.3. The summed E-state index contributed by atoms with van der Waals surface area (Å²) in [6, 6.07) is 22.1. The van der Waals surface area contributed by atoms with Crippen LogP contribution in [0.25, 0.3) is 21.9 Å². The highest BCUT2D eigenvalue weighted by Crippen LogP contribution is 2.29. The molecule has 2 heterocycles. The Balaban J connectivity index is 1.32. The van der Waals surface area contributed by atoms with E-state index in [0.717, 1.165) is 16.7 Å². The molecular formula is C24H19N5OS. The molecule has 0 aliphatic carbocycles. The zero-order valence-electron chi connectivity index (χ0n) is 16.5. The van der Waals surface area contributed by atoms with Gasteiger partial charge in [-0.25, -0.2) is 4.68 Å². The molecule has 5 aromatic rings. The van der Waals surface area contributed by atoms with Gasteiger partial charge in [-0.15, -0.1) is 5.10 Å². The number of hydrogen-bond donors (Lipinski definition) is 2. The van der Waals surface area contributed by atoms with Gasteiger partial charge in [-0.3, -0.25) is 4.79 Å². The molecule has 31 heavy (non-hydrogen) atoms. The van der Waals surface area contributed by atoms with E-state index in [1.54, 1.807) is 28.3 Å². The number of rotatable bonds is 5. The van der Waals surface area contributed by atoms with Gasteiger partial charge < -0.3 is 11.1 Å². The van der Waals surface area contributed by atoms with Crippen molar-refractivity contribution in [3.8, 4) is 11.1 Å². The normalized spacial score (nSPS) is 11.0. The van der Waals surface area contributed by atoms with E-state index in [2.05, 4.69) is 51.3 Å². The monoisotopic (exact) mass is 425 g/mol. The topological polar surface area (TPSA) is 85.8 Å². The fourth-order valence-electron chi connectivity index (χ4n) is 3.46. The second kappa shape index (κ2) is 8.04. The van der Waals surface area contributed by atoms with Crippen molar-refractivity contribution in [3.05, 3.63) is 94.9 Å². The summed E-state index contributed by atoms with van der Waals surface area (Å²) in [5.41, 5.74) is 10.5. The third-order valence-corrected chi connectivity index (χ3v) is 5.77. The number of nitrogen functional groups attached to an aromatic ring is 1. The highest BCUT2D eigenvalue weighted by atomic mass is 32.1. The second-order valence-electron chi connectivity index (χ2n) is 7.25. The van der Waals surface area contributed by atoms with Gasteiger partial charge in [-0.1, -0.05) is 47.7 Å². The Bertz CT molecular complexity index is 1370. The molecule has 0 aliphatic rings. The summed E-state index contributed by atoms with van der Waals surface area (Å²) < 4.78 is 1.66. The lowest BCUT2D eigenvalue weighted by Gasteiger charge is -2.09. The van der Waals surface area contributed by atoms with Crippen LogP contribution in [0.4, 0.5) is 11.4 Å². The minimum absolute atomic E-state index is 0.237. The molecule has 6 nitrogen and oxygen atoms in total. The van der Waals surface area contributed by atoms with Gasteiger partial charge in [0.05, 0.1) is 24.1 Å². The number of fused-ring (bicyclic) bond motifs is 1. The van der Waals surface area contributed by atoms with Crippen molar-refractivity contribution in [2.75, 3.05) is 11.1 Å². The SMILES string of the molecule is Nc1ccc(-c2ccsc2)cc1NC(=O)c1cn(Cc2ccc3ccccc3c2)nn1. The first kappa shape index (κ1) is 19.0. The van der Waals surface area contributed by atoms with Crippen LogP contribution in [0.1, 0.15) is 16.1 Å². The van der Waals surface area contributed by atoms with Crippen molar-refractivity contribution in [2.45, 2.75) is 6.54 Å². The van der Waals surface area contributed by atoms with Crippen LogP contribution in [0.15, 0.2) is 83.7 Å². The number of carbonyl (C=O) groups is 1. The number of thiophene rings is 1. The maximum Gasteiger partial charge on any atom is 0.277 e. The molecule has 0 atom stereocenters. The predicted octanol–water partition coefficient (Wildman–Crippen LogP) is 5.04. The summed E-state index contributed by atoms with van der Waals surface area (Å²) >= 11 is 1.62. The molecule has 0 aliphatic heterocycles. The second-order valence-corrected chi connectivity index (χ2v) is 8.03. The Labute approximate surface area is 183 Å². The molecule has 0 unspecified atom stereocenters. The average molecular weight is 426 g/mol.